The van der Waals surface area contributed by atoms with Crippen molar-refractivity contribution in [2.45, 2.75) is 13.8 Å². The van der Waals surface area contributed by atoms with Crippen molar-refractivity contribution < 1.29 is 19.0 Å². The lowest BCUT2D eigenvalue weighted by Gasteiger charge is -2.11. The fraction of sp³-hybridized carbons (Fsp3) is 0.308. The topological polar surface area (TPSA) is 44.8 Å². The lowest BCUT2D eigenvalue weighted by atomic mass is 10.1. The van der Waals surface area contributed by atoms with E-state index in [1.54, 1.807) is 13.2 Å². The van der Waals surface area contributed by atoms with E-state index in [0.717, 1.165) is 11.1 Å². The van der Waals surface area contributed by atoms with Gasteiger partial charge in [0.2, 0.25) is 12.5 Å². The lowest BCUT2D eigenvalue weighted by Crippen LogP contribution is -1.95. The number of carbonyl (C=O) groups is 1. The normalized spacial score (nSPS) is 13.1. The number of hydrogen-bond donors (Lipinski definition) is 0. The second-order valence-corrected chi connectivity index (χ2v) is 3.82. The minimum absolute atomic E-state index is 0.0101. The molecule has 0 radical (unpaired) electrons. The number of ether oxygens (including phenoxy) is 3. The van der Waals surface area contributed by atoms with E-state index in [-0.39, 0.29) is 12.6 Å². The van der Waals surface area contributed by atoms with Crippen LogP contribution in [0.5, 0.6) is 17.2 Å². The summed E-state index contributed by atoms with van der Waals surface area (Å²) in [5.41, 5.74) is 1.82. The van der Waals surface area contributed by atoms with Gasteiger partial charge in [0.25, 0.3) is 0 Å². The molecule has 1 heterocycles. The van der Waals surface area contributed by atoms with Crippen molar-refractivity contribution in [3.8, 4) is 17.2 Å². The zero-order valence-corrected chi connectivity index (χ0v) is 10.1. The predicted octanol–water partition coefficient (Wildman–Crippen LogP) is 2.33. The summed E-state index contributed by atoms with van der Waals surface area (Å²) in [4.78, 5) is 11.0. The molecule has 0 aromatic heterocycles. The van der Waals surface area contributed by atoms with Crippen LogP contribution in [0.1, 0.15) is 18.1 Å². The van der Waals surface area contributed by atoms with Crippen LogP contribution in [-0.4, -0.2) is 19.7 Å². The molecule has 90 valence electrons. The third kappa shape index (κ3) is 2.11. The van der Waals surface area contributed by atoms with Crippen LogP contribution < -0.4 is 14.2 Å². The molecule has 0 bridgehead atoms. The zero-order chi connectivity index (χ0) is 12.4. The molecule has 4 nitrogen and oxygen atoms in total. The minimum atomic E-state index is -0.0101. The number of ketones is 1. The average Bonchev–Trinajstić information content (AvgIpc) is 2.72. The molecule has 1 aromatic rings. The van der Waals surface area contributed by atoms with Gasteiger partial charge in [-0.3, -0.25) is 4.79 Å². The second kappa shape index (κ2) is 4.49. The molecule has 0 saturated heterocycles. The van der Waals surface area contributed by atoms with Gasteiger partial charge in [0, 0.05) is 5.56 Å². The summed E-state index contributed by atoms with van der Waals surface area (Å²) in [5.74, 6) is 1.87. The highest BCUT2D eigenvalue weighted by molar-refractivity contribution is 5.92. The van der Waals surface area contributed by atoms with Crippen LogP contribution in [0.4, 0.5) is 0 Å². The van der Waals surface area contributed by atoms with E-state index >= 15 is 0 Å². The first-order valence-electron chi connectivity index (χ1n) is 5.29. The van der Waals surface area contributed by atoms with Crippen molar-refractivity contribution in [1.82, 2.24) is 0 Å². The molecule has 0 spiro atoms. The van der Waals surface area contributed by atoms with E-state index in [9.17, 15) is 4.79 Å². The number of fused-ring (bicyclic) bond motifs is 1. The number of aryl methyl sites for hydroxylation is 1. The van der Waals surface area contributed by atoms with Gasteiger partial charge in [0.1, 0.15) is 0 Å². The highest BCUT2D eigenvalue weighted by Gasteiger charge is 2.22. The maximum atomic E-state index is 11.0. The van der Waals surface area contributed by atoms with Crippen molar-refractivity contribution >= 4 is 11.9 Å². The second-order valence-electron chi connectivity index (χ2n) is 3.82. The first kappa shape index (κ1) is 11.5. The van der Waals surface area contributed by atoms with Crippen molar-refractivity contribution in [3.05, 3.63) is 23.3 Å². The summed E-state index contributed by atoms with van der Waals surface area (Å²) in [7, 11) is 1.57. The summed E-state index contributed by atoms with van der Waals surface area (Å²) in [6.45, 7) is 3.64. The van der Waals surface area contributed by atoms with E-state index in [1.807, 2.05) is 13.0 Å². The third-order valence-electron chi connectivity index (χ3n) is 2.55. The predicted molar refractivity (Wildman–Crippen MR) is 63.6 cm³/mol. The van der Waals surface area contributed by atoms with Gasteiger partial charge in [0.05, 0.1) is 7.11 Å². The number of allylic oxidation sites excluding steroid dienone is 1. The molecule has 0 N–H and O–H groups in total. The van der Waals surface area contributed by atoms with Gasteiger partial charge in [0.15, 0.2) is 17.3 Å². The SMILES string of the molecule is COc1c(/C=C/C(C)=O)c(C)cc2c1OCO2. The van der Waals surface area contributed by atoms with Gasteiger partial charge in [-0.1, -0.05) is 0 Å². The summed E-state index contributed by atoms with van der Waals surface area (Å²) in [6.07, 6.45) is 3.24. The van der Waals surface area contributed by atoms with Crippen LogP contribution >= 0.6 is 0 Å². The fourth-order valence-corrected chi connectivity index (χ4v) is 1.76. The molecular weight excluding hydrogens is 220 g/mol. The number of hydrogen-bond acceptors (Lipinski definition) is 4. The van der Waals surface area contributed by atoms with Gasteiger partial charge in [-0.05, 0) is 37.6 Å². The van der Waals surface area contributed by atoms with Crippen molar-refractivity contribution in [2.75, 3.05) is 13.9 Å². The summed E-state index contributed by atoms with van der Waals surface area (Å²) >= 11 is 0. The summed E-state index contributed by atoms with van der Waals surface area (Å²) in [5, 5.41) is 0. The molecule has 0 saturated carbocycles. The molecule has 1 aliphatic heterocycles. The molecule has 1 aliphatic rings. The van der Waals surface area contributed by atoms with Gasteiger partial charge < -0.3 is 14.2 Å². The summed E-state index contributed by atoms with van der Waals surface area (Å²) in [6, 6.07) is 1.88. The quantitative estimate of drug-likeness (QED) is 0.753. The van der Waals surface area contributed by atoms with Crippen molar-refractivity contribution in [2.24, 2.45) is 0 Å². The Labute approximate surface area is 99.8 Å². The molecule has 4 heteroatoms. The maximum absolute atomic E-state index is 11.0. The summed E-state index contributed by atoms with van der Waals surface area (Å²) < 4.78 is 16.0. The van der Waals surface area contributed by atoms with E-state index in [0.29, 0.717) is 17.2 Å². The molecule has 0 unspecified atom stereocenters. The molecule has 0 aliphatic carbocycles. The molecule has 0 fully saturated rings. The Kier molecular flexibility index (Phi) is 3.04. The van der Waals surface area contributed by atoms with Crippen LogP contribution in [0.25, 0.3) is 6.08 Å². The van der Waals surface area contributed by atoms with E-state index in [4.69, 9.17) is 14.2 Å². The zero-order valence-electron chi connectivity index (χ0n) is 10.1. The number of carbonyl (C=O) groups excluding carboxylic acids is 1. The maximum Gasteiger partial charge on any atom is 0.231 e. The Hall–Kier alpha value is -1.97. The van der Waals surface area contributed by atoms with E-state index in [2.05, 4.69) is 0 Å². The molecule has 1 aromatic carbocycles. The Balaban J connectivity index is 2.54. The Bertz CT molecular complexity index is 489. The smallest absolute Gasteiger partial charge is 0.231 e. The van der Waals surface area contributed by atoms with Crippen LogP contribution in [0, 0.1) is 6.92 Å². The van der Waals surface area contributed by atoms with Crippen molar-refractivity contribution in [3.63, 3.8) is 0 Å². The molecule has 17 heavy (non-hydrogen) atoms. The number of benzene rings is 1. The van der Waals surface area contributed by atoms with Gasteiger partial charge in [-0.15, -0.1) is 0 Å². The van der Waals surface area contributed by atoms with Gasteiger partial charge in [-0.2, -0.15) is 0 Å². The Morgan fingerprint density at radius 3 is 2.88 bits per heavy atom. The average molecular weight is 234 g/mol. The molecule has 2 rings (SSSR count). The Morgan fingerprint density at radius 2 is 2.24 bits per heavy atom. The molecule has 0 amide bonds. The molecule has 0 atom stereocenters. The van der Waals surface area contributed by atoms with Crippen LogP contribution in [0.3, 0.4) is 0 Å². The van der Waals surface area contributed by atoms with Crippen molar-refractivity contribution in [1.29, 1.82) is 0 Å². The fourth-order valence-electron chi connectivity index (χ4n) is 1.76. The molecular formula is C13H14O4. The minimum Gasteiger partial charge on any atom is -0.492 e. The first-order chi connectivity index (χ1) is 8.13. The largest absolute Gasteiger partial charge is 0.492 e. The number of rotatable bonds is 3. The highest BCUT2D eigenvalue weighted by Crippen LogP contribution is 2.45. The van der Waals surface area contributed by atoms with E-state index in [1.165, 1.54) is 13.0 Å². The van der Waals surface area contributed by atoms with Gasteiger partial charge in [-0.25, -0.2) is 0 Å². The lowest BCUT2D eigenvalue weighted by molar-refractivity contribution is -0.112. The third-order valence-corrected chi connectivity index (χ3v) is 2.55. The number of methoxy groups -OCH3 is 1. The van der Waals surface area contributed by atoms with Gasteiger partial charge >= 0.3 is 0 Å². The monoisotopic (exact) mass is 234 g/mol. The highest BCUT2D eigenvalue weighted by atomic mass is 16.7. The van der Waals surface area contributed by atoms with Crippen LogP contribution in [0.2, 0.25) is 0 Å². The van der Waals surface area contributed by atoms with E-state index < -0.39 is 0 Å². The Morgan fingerprint density at radius 1 is 1.47 bits per heavy atom. The van der Waals surface area contributed by atoms with Crippen LogP contribution in [-0.2, 0) is 4.79 Å². The first-order valence-corrected chi connectivity index (χ1v) is 5.29. The van der Waals surface area contributed by atoms with Crippen LogP contribution in [0.15, 0.2) is 12.1 Å². The standard InChI is InChI=1S/C13H14O4/c1-8-6-11-13(17-7-16-11)12(15-3)10(8)5-4-9(2)14/h4-6H,7H2,1-3H3/b5-4+.